The first-order valence-corrected chi connectivity index (χ1v) is 5.81. The van der Waals surface area contributed by atoms with Crippen molar-refractivity contribution < 1.29 is 17.4 Å². The molecule has 1 aromatic rings. The van der Waals surface area contributed by atoms with Crippen molar-refractivity contribution in [3.05, 3.63) is 35.4 Å². The summed E-state index contributed by atoms with van der Waals surface area (Å²) >= 11 is 6.25. The fourth-order valence-corrected chi connectivity index (χ4v) is 1.93. The monoisotopic (exact) mass is 270 g/mol. The zero-order valence-electron chi connectivity index (χ0n) is 8.42. The molecule has 0 bridgehead atoms. The van der Waals surface area contributed by atoms with Crippen LogP contribution in [0.15, 0.2) is 24.3 Å². The second kappa shape index (κ2) is 5.80. The van der Waals surface area contributed by atoms with Crippen LogP contribution in [0.2, 0.25) is 0 Å². The lowest BCUT2D eigenvalue weighted by Crippen LogP contribution is -2.09. The third kappa shape index (κ3) is 5.09. The second-order valence-corrected chi connectivity index (χ2v) is 4.46. The van der Waals surface area contributed by atoms with E-state index < -0.39 is 11.7 Å². The average molecular weight is 271 g/mol. The van der Waals surface area contributed by atoms with Gasteiger partial charge in [0.1, 0.15) is 0 Å². The van der Waals surface area contributed by atoms with E-state index in [1.807, 2.05) is 25.1 Å². The third-order valence-electron chi connectivity index (χ3n) is 1.77. The van der Waals surface area contributed by atoms with Gasteiger partial charge >= 0.3 is 6.36 Å². The number of alkyl halides is 4. The Balaban J connectivity index is 2.44. The molecule has 6 heteroatoms. The number of hydrogen-bond acceptors (Lipinski definition) is 2. The fraction of sp³-hybridized carbons (Fsp3) is 0.400. The Hall–Kier alpha value is -0.390. The van der Waals surface area contributed by atoms with E-state index in [1.165, 1.54) is 0 Å². The summed E-state index contributed by atoms with van der Waals surface area (Å²) in [6.45, 7) is 1.90. The SMILES string of the molecule is Cc1cccc(C(Cl)CSOC(F)(F)F)c1. The molecule has 1 nitrogen and oxygen atoms in total. The van der Waals surface area contributed by atoms with Crippen molar-refractivity contribution in [1.29, 1.82) is 0 Å². The summed E-state index contributed by atoms with van der Waals surface area (Å²) in [7, 11) is 0. The predicted molar refractivity (Wildman–Crippen MR) is 59.4 cm³/mol. The minimum Gasteiger partial charge on any atom is -0.220 e. The Morgan fingerprint density at radius 3 is 2.69 bits per heavy atom. The molecule has 0 aromatic heterocycles. The molecule has 1 rings (SSSR count). The summed E-state index contributed by atoms with van der Waals surface area (Å²) in [4.78, 5) is 0. The van der Waals surface area contributed by atoms with Gasteiger partial charge in [-0.05, 0) is 12.5 Å². The summed E-state index contributed by atoms with van der Waals surface area (Å²) in [5, 5.41) is -0.493. The van der Waals surface area contributed by atoms with E-state index in [9.17, 15) is 13.2 Å². The van der Waals surface area contributed by atoms with Crippen LogP contribution >= 0.6 is 23.6 Å². The Labute approximate surface area is 101 Å². The molecule has 0 fully saturated rings. The lowest BCUT2D eigenvalue weighted by molar-refractivity contribution is -0.266. The van der Waals surface area contributed by atoms with Crippen molar-refractivity contribution in [3.63, 3.8) is 0 Å². The number of hydrogen-bond donors (Lipinski definition) is 0. The van der Waals surface area contributed by atoms with Gasteiger partial charge in [-0.2, -0.15) is 0 Å². The summed E-state index contributed by atoms with van der Waals surface area (Å²) in [6.07, 6.45) is -4.62. The van der Waals surface area contributed by atoms with Crippen molar-refractivity contribution in [2.75, 3.05) is 5.75 Å². The smallest absolute Gasteiger partial charge is 0.220 e. The van der Waals surface area contributed by atoms with Crippen LogP contribution < -0.4 is 0 Å². The Bertz CT molecular complexity index is 343. The van der Waals surface area contributed by atoms with Crippen LogP contribution in [-0.4, -0.2) is 12.1 Å². The molecule has 1 atom stereocenters. The number of benzene rings is 1. The molecule has 0 aliphatic heterocycles. The summed E-state index contributed by atoms with van der Waals surface area (Å²) in [5.41, 5.74) is 1.81. The van der Waals surface area contributed by atoms with Crippen molar-refractivity contribution in [3.8, 4) is 0 Å². The molecule has 1 aromatic carbocycles. The molecular weight excluding hydrogens is 261 g/mol. The molecule has 0 radical (unpaired) electrons. The van der Waals surface area contributed by atoms with Crippen LogP contribution in [0.25, 0.3) is 0 Å². The highest BCUT2D eigenvalue weighted by Gasteiger charge is 2.30. The summed E-state index contributed by atoms with van der Waals surface area (Å²) < 4.78 is 38.6. The largest absolute Gasteiger partial charge is 0.533 e. The number of aryl methyl sites for hydroxylation is 1. The zero-order valence-corrected chi connectivity index (χ0v) is 9.99. The number of rotatable bonds is 4. The highest BCUT2D eigenvalue weighted by Crippen LogP contribution is 2.30. The zero-order chi connectivity index (χ0) is 12.2. The van der Waals surface area contributed by atoms with Crippen LogP contribution in [0.1, 0.15) is 16.5 Å². The molecule has 0 saturated heterocycles. The van der Waals surface area contributed by atoms with Crippen LogP contribution in [-0.2, 0) is 4.18 Å². The van der Waals surface area contributed by atoms with E-state index in [4.69, 9.17) is 11.6 Å². The minimum atomic E-state index is -4.62. The first-order valence-electron chi connectivity index (χ1n) is 4.46. The van der Waals surface area contributed by atoms with Gasteiger partial charge in [-0.25, -0.2) is 4.18 Å². The lowest BCUT2D eigenvalue weighted by atomic mass is 10.1. The molecule has 1 unspecified atom stereocenters. The molecule has 0 heterocycles. The molecule has 0 saturated carbocycles. The highest BCUT2D eigenvalue weighted by atomic mass is 35.5. The van der Waals surface area contributed by atoms with Gasteiger partial charge in [-0.1, -0.05) is 29.8 Å². The van der Waals surface area contributed by atoms with Crippen molar-refractivity contribution in [2.24, 2.45) is 0 Å². The van der Waals surface area contributed by atoms with Gasteiger partial charge in [0.15, 0.2) is 0 Å². The standard InChI is InChI=1S/C10H10ClF3OS/c1-7-3-2-4-8(5-7)9(11)6-16-15-10(12,13)14/h2-5,9H,6H2,1H3. The van der Waals surface area contributed by atoms with Crippen LogP contribution in [0.5, 0.6) is 0 Å². The van der Waals surface area contributed by atoms with Crippen molar-refractivity contribution in [2.45, 2.75) is 18.7 Å². The predicted octanol–water partition coefficient (Wildman–Crippen LogP) is 4.46. The van der Waals surface area contributed by atoms with Gasteiger partial charge in [0.25, 0.3) is 0 Å². The molecule has 0 spiro atoms. The minimum absolute atomic E-state index is 0.0461. The lowest BCUT2D eigenvalue weighted by Gasteiger charge is -2.10. The quantitative estimate of drug-likeness (QED) is 0.590. The Morgan fingerprint density at radius 1 is 1.44 bits per heavy atom. The summed E-state index contributed by atoms with van der Waals surface area (Å²) in [6, 6.07) is 7.33. The van der Waals surface area contributed by atoms with Gasteiger partial charge < -0.3 is 0 Å². The second-order valence-electron chi connectivity index (χ2n) is 3.20. The molecular formula is C10H10ClF3OS. The molecule has 0 aliphatic carbocycles. The van der Waals surface area contributed by atoms with E-state index in [0.29, 0.717) is 12.0 Å². The van der Waals surface area contributed by atoms with E-state index in [1.54, 1.807) is 6.07 Å². The average Bonchev–Trinajstić information content (AvgIpc) is 2.15. The number of halogens is 4. The third-order valence-corrected chi connectivity index (χ3v) is 3.14. The molecule has 0 N–H and O–H groups in total. The maximum atomic E-state index is 11.7. The normalized spacial score (nSPS) is 13.8. The van der Waals surface area contributed by atoms with E-state index in [0.717, 1.165) is 11.1 Å². The van der Waals surface area contributed by atoms with Gasteiger partial charge in [0.2, 0.25) is 0 Å². The summed E-state index contributed by atoms with van der Waals surface area (Å²) in [5.74, 6) is 0.0461. The fourth-order valence-electron chi connectivity index (χ4n) is 1.12. The van der Waals surface area contributed by atoms with Gasteiger partial charge in [0, 0.05) is 17.8 Å². The highest BCUT2D eigenvalue weighted by molar-refractivity contribution is 7.94. The maximum absolute atomic E-state index is 11.7. The first-order chi connectivity index (χ1) is 7.38. The van der Waals surface area contributed by atoms with Crippen LogP contribution in [0.3, 0.4) is 0 Å². The van der Waals surface area contributed by atoms with Crippen molar-refractivity contribution >= 4 is 23.6 Å². The Kier molecular flexibility index (Phi) is 4.95. The van der Waals surface area contributed by atoms with E-state index in [2.05, 4.69) is 4.18 Å². The Morgan fingerprint density at radius 2 is 2.12 bits per heavy atom. The maximum Gasteiger partial charge on any atom is 0.533 e. The van der Waals surface area contributed by atoms with E-state index in [-0.39, 0.29) is 5.75 Å². The van der Waals surface area contributed by atoms with E-state index >= 15 is 0 Å². The first kappa shape index (κ1) is 13.7. The van der Waals surface area contributed by atoms with Crippen LogP contribution in [0, 0.1) is 6.92 Å². The van der Waals surface area contributed by atoms with Crippen LogP contribution in [0.4, 0.5) is 13.2 Å². The molecule has 0 amide bonds. The molecule has 0 aliphatic rings. The van der Waals surface area contributed by atoms with Gasteiger partial charge in [-0.3, -0.25) is 0 Å². The van der Waals surface area contributed by atoms with Crippen molar-refractivity contribution in [1.82, 2.24) is 0 Å². The molecule has 16 heavy (non-hydrogen) atoms. The molecule has 90 valence electrons. The van der Waals surface area contributed by atoms with Gasteiger partial charge in [-0.15, -0.1) is 24.8 Å². The van der Waals surface area contributed by atoms with Gasteiger partial charge in [0.05, 0.1) is 5.38 Å². The topological polar surface area (TPSA) is 9.23 Å².